The van der Waals surface area contributed by atoms with Crippen molar-refractivity contribution in [1.29, 1.82) is 0 Å². The molecule has 1 aliphatic rings. The van der Waals surface area contributed by atoms with E-state index in [1.165, 1.54) is 13.2 Å². The van der Waals surface area contributed by atoms with Crippen molar-refractivity contribution in [3.63, 3.8) is 0 Å². The van der Waals surface area contributed by atoms with Crippen molar-refractivity contribution in [3.8, 4) is 11.5 Å². The van der Waals surface area contributed by atoms with Crippen LogP contribution in [0.5, 0.6) is 11.5 Å². The zero-order chi connectivity index (χ0) is 16.1. The number of methoxy groups -OCH3 is 1. The maximum absolute atomic E-state index is 12.3. The highest BCUT2D eigenvalue weighted by Crippen LogP contribution is 2.36. The van der Waals surface area contributed by atoms with Gasteiger partial charge in [0.15, 0.2) is 11.5 Å². The molecule has 1 saturated heterocycles. The molecule has 22 heavy (non-hydrogen) atoms. The average molecular weight is 327 g/mol. The van der Waals surface area contributed by atoms with Crippen LogP contribution in [0.15, 0.2) is 12.1 Å². The SMILES string of the molecule is CCOc1c(Cl)cc(C(=O)N[C@H]2CCCNC2=O)cc1OC. The van der Waals surface area contributed by atoms with Crippen LogP contribution in [0.3, 0.4) is 0 Å². The van der Waals surface area contributed by atoms with E-state index in [9.17, 15) is 9.59 Å². The number of hydrogen-bond acceptors (Lipinski definition) is 4. The molecule has 1 atom stereocenters. The molecule has 7 heteroatoms. The molecule has 1 aromatic carbocycles. The summed E-state index contributed by atoms with van der Waals surface area (Å²) in [6.07, 6.45) is 1.46. The minimum atomic E-state index is -0.516. The predicted molar refractivity (Wildman–Crippen MR) is 82.7 cm³/mol. The van der Waals surface area contributed by atoms with Crippen LogP contribution in [0, 0.1) is 0 Å². The summed E-state index contributed by atoms with van der Waals surface area (Å²) in [7, 11) is 1.48. The van der Waals surface area contributed by atoms with Crippen LogP contribution in [-0.4, -0.2) is 38.1 Å². The number of piperidine rings is 1. The molecule has 1 fully saturated rings. The molecule has 0 spiro atoms. The maximum atomic E-state index is 12.3. The largest absolute Gasteiger partial charge is 0.493 e. The van der Waals surface area contributed by atoms with E-state index in [1.54, 1.807) is 6.07 Å². The topological polar surface area (TPSA) is 76.7 Å². The first-order valence-corrected chi connectivity index (χ1v) is 7.53. The second-order valence-corrected chi connectivity index (χ2v) is 5.29. The van der Waals surface area contributed by atoms with Gasteiger partial charge in [-0.3, -0.25) is 9.59 Å². The third-order valence-corrected chi connectivity index (χ3v) is 3.65. The molecule has 0 unspecified atom stereocenters. The van der Waals surface area contributed by atoms with Crippen LogP contribution in [0.25, 0.3) is 0 Å². The summed E-state index contributed by atoms with van der Waals surface area (Å²) in [5, 5.41) is 5.72. The van der Waals surface area contributed by atoms with Crippen LogP contribution in [0.1, 0.15) is 30.1 Å². The zero-order valence-corrected chi connectivity index (χ0v) is 13.3. The lowest BCUT2D eigenvalue weighted by molar-refractivity contribution is -0.124. The predicted octanol–water partition coefficient (Wildman–Crippen LogP) is 1.76. The van der Waals surface area contributed by atoms with Crippen molar-refractivity contribution in [2.75, 3.05) is 20.3 Å². The average Bonchev–Trinajstić information content (AvgIpc) is 2.51. The Balaban J connectivity index is 2.19. The highest BCUT2D eigenvalue weighted by molar-refractivity contribution is 6.32. The van der Waals surface area contributed by atoms with Crippen molar-refractivity contribution in [3.05, 3.63) is 22.7 Å². The Morgan fingerprint density at radius 3 is 2.91 bits per heavy atom. The van der Waals surface area contributed by atoms with Crippen molar-refractivity contribution in [1.82, 2.24) is 10.6 Å². The van der Waals surface area contributed by atoms with Crippen molar-refractivity contribution < 1.29 is 19.1 Å². The number of nitrogens with one attached hydrogen (secondary N) is 2. The van der Waals surface area contributed by atoms with Crippen molar-refractivity contribution in [2.45, 2.75) is 25.8 Å². The molecule has 0 bridgehead atoms. The molecule has 0 aliphatic carbocycles. The first kappa shape index (κ1) is 16.4. The summed E-state index contributed by atoms with van der Waals surface area (Å²) in [5.41, 5.74) is 0.323. The lowest BCUT2D eigenvalue weighted by Gasteiger charge is -2.23. The van der Waals surface area contributed by atoms with Crippen molar-refractivity contribution in [2.24, 2.45) is 0 Å². The Morgan fingerprint density at radius 1 is 1.50 bits per heavy atom. The van der Waals surface area contributed by atoms with Crippen LogP contribution in [0.4, 0.5) is 0 Å². The van der Waals surface area contributed by atoms with E-state index < -0.39 is 6.04 Å². The van der Waals surface area contributed by atoms with E-state index in [2.05, 4.69) is 10.6 Å². The number of carbonyl (C=O) groups is 2. The van der Waals surface area contributed by atoms with E-state index in [1.807, 2.05) is 6.92 Å². The Kier molecular flexibility index (Phi) is 5.49. The van der Waals surface area contributed by atoms with Gasteiger partial charge in [0.1, 0.15) is 6.04 Å². The van der Waals surface area contributed by atoms with E-state index >= 15 is 0 Å². The number of amides is 2. The number of benzene rings is 1. The summed E-state index contributed by atoms with van der Waals surface area (Å²) in [6.45, 7) is 2.91. The molecule has 1 heterocycles. The van der Waals surface area contributed by atoms with E-state index in [4.69, 9.17) is 21.1 Å². The van der Waals surface area contributed by atoms with Gasteiger partial charge in [-0.05, 0) is 31.9 Å². The summed E-state index contributed by atoms with van der Waals surface area (Å²) < 4.78 is 10.6. The quantitative estimate of drug-likeness (QED) is 0.864. The van der Waals surface area contributed by atoms with Gasteiger partial charge in [0.2, 0.25) is 5.91 Å². The molecular weight excluding hydrogens is 308 g/mol. The van der Waals surface area contributed by atoms with Crippen LogP contribution >= 0.6 is 11.6 Å². The minimum Gasteiger partial charge on any atom is -0.493 e. The lowest BCUT2D eigenvalue weighted by Crippen LogP contribution is -2.50. The molecule has 1 aliphatic heterocycles. The van der Waals surface area contributed by atoms with Gasteiger partial charge in [0, 0.05) is 12.1 Å². The molecule has 2 rings (SSSR count). The van der Waals surface area contributed by atoms with Gasteiger partial charge in [0.25, 0.3) is 5.91 Å². The second-order valence-electron chi connectivity index (χ2n) is 4.88. The minimum absolute atomic E-state index is 0.163. The number of rotatable bonds is 5. The molecule has 0 aromatic heterocycles. The Hall–Kier alpha value is -1.95. The molecule has 6 nitrogen and oxygen atoms in total. The van der Waals surface area contributed by atoms with Gasteiger partial charge in [0.05, 0.1) is 18.7 Å². The van der Waals surface area contributed by atoms with E-state index in [0.29, 0.717) is 41.7 Å². The Bertz CT molecular complexity index is 577. The molecule has 0 saturated carbocycles. The fourth-order valence-electron chi connectivity index (χ4n) is 2.29. The van der Waals surface area contributed by atoms with Crippen LogP contribution in [-0.2, 0) is 4.79 Å². The van der Waals surface area contributed by atoms with Crippen molar-refractivity contribution >= 4 is 23.4 Å². The number of hydrogen-bond donors (Lipinski definition) is 2. The highest BCUT2D eigenvalue weighted by atomic mass is 35.5. The lowest BCUT2D eigenvalue weighted by atomic mass is 10.1. The zero-order valence-electron chi connectivity index (χ0n) is 12.6. The Morgan fingerprint density at radius 2 is 2.27 bits per heavy atom. The molecular formula is C15H19ClN2O4. The summed E-state index contributed by atoms with van der Waals surface area (Å²) >= 11 is 6.14. The fraction of sp³-hybridized carbons (Fsp3) is 0.467. The monoisotopic (exact) mass is 326 g/mol. The van der Waals surface area contributed by atoms with Gasteiger partial charge < -0.3 is 20.1 Å². The first-order valence-electron chi connectivity index (χ1n) is 7.15. The van der Waals surface area contributed by atoms with Gasteiger partial charge in [-0.25, -0.2) is 0 Å². The molecule has 0 radical (unpaired) electrons. The maximum Gasteiger partial charge on any atom is 0.252 e. The highest BCUT2D eigenvalue weighted by Gasteiger charge is 2.25. The van der Waals surface area contributed by atoms with Crippen LogP contribution in [0.2, 0.25) is 5.02 Å². The number of ether oxygens (including phenoxy) is 2. The number of carbonyl (C=O) groups excluding carboxylic acids is 2. The van der Waals surface area contributed by atoms with Gasteiger partial charge in [-0.2, -0.15) is 0 Å². The van der Waals surface area contributed by atoms with Gasteiger partial charge >= 0.3 is 0 Å². The third-order valence-electron chi connectivity index (χ3n) is 3.37. The molecule has 2 amide bonds. The summed E-state index contributed by atoms with van der Waals surface area (Å²) in [5.74, 6) is 0.250. The fourth-order valence-corrected chi connectivity index (χ4v) is 2.55. The molecule has 1 aromatic rings. The van der Waals surface area contributed by atoms with Crippen LogP contribution < -0.4 is 20.1 Å². The molecule has 120 valence electrons. The third kappa shape index (κ3) is 3.62. The summed E-state index contributed by atoms with van der Waals surface area (Å²) in [4.78, 5) is 24.0. The Labute approximate surface area is 134 Å². The smallest absolute Gasteiger partial charge is 0.252 e. The standard InChI is InChI=1S/C15H19ClN2O4/c1-3-22-13-10(16)7-9(8-12(13)21-2)14(19)18-11-5-4-6-17-15(11)20/h7-8,11H,3-6H2,1-2H3,(H,17,20)(H,18,19)/t11-/m0/s1. The van der Waals surface area contributed by atoms with E-state index in [0.717, 1.165) is 6.42 Å². The number of halogens is 1. The second kappa shape index (κ2) is 7.35. The summed E-state index contributed by atoms with van der Waals surface area (Å²) in [6, 6.07) is 2.54. The van der Waals surface area contributed by atoms with E-state index in [-0.39, 0.29) is 11.8 Å². The molecule has 2 N–H and O–H groups in total. The van der Waals surface area contributed by atoms with Gasteiger partial charge in [-0.15, -0.1) is 0 Å². The van der Waals surface area contributed by atoms with Gasteiger partial charge in [-0.1, -0.05) is 11.6 Å². The normalized spacial score (nSPS) is 17.6. The first-order chi connectivity index (χ1) is 10.6.